The van der Waals surface area contributed by atoms with Crippen molar-refractivity contribution in [1.29, 1.82) is 0 Å². The molecule has 6 rings (SSSR count). The number of aromatic hydroxyl groups is 1. The lowest BCUT2D eigenvalue weighted by Crippen LogP contribution is -2.62. The molecule has 0 spiro atoms. The second kappa shape index (κ2) is 17.1. The van der Waals surface area contributed by atoms with Gasteiger partial charge in [0.05, 0.1) is 7.11 Å². The Morgan fingerprint density at radius 3 is 1.93 bits per heavy atom. The number of phenols is 1. The van der Waals surface area contributed by atoms with Gasteiger partial charge in [0.2, 0.25) is 35.4 Å². The van der Waals surface area contributed by atoms with Crippen LogP contribution < -0.4 is 25.4 Å². The van der Waals surface area contributed by atoms with Gasteiger partial charge in [0.15, 0.2) is 11.5 Å². The minimum atomic E-state index is -1.64. The molecule has 1 fully saturated rings. The molecule has 16 heteroatoms. The zero-order chi connectivity index (χ0) is 41.0. The summed E-state index contributed by atoms with van der Waals surface area (Å²) in [4.78, 5) is 87.5. The molecule has 56 heavy (non-hydrogen) atoms. The molecule has 3 aromatic carbocycles. The molecule has 3 aliphatic heterocycles. The number of methoxy groups -OCH3 is 1. The van der Waals surface area contributed by atoms with Crippen LogP contribution in [-0.2, 0) is 41.6 Å². The van der Waals surface area contributed by atoms with Crippen LogP contribution in [0.1, 0.15) is 43.6 Å². The largest absolute Gasteiger partial charge is 0.504 e. The number of amides is 6. The van der Waals surface area contributed by atoms with Gasteiger partial charge in [-0.15, -0.1) is 0 Å². The average Bonchev–Trinajstić information content (AvgIpc) is 3.18. The molecule has 16 nitrogen and oxygen atoms in total. The molecule has 6 bridgehead atoms. The number of hydrogen-bond donors (Lipinski definition) is 5. The molecular formula is C40H48N6O10. The summed E-state index contributed by atoms with van der Waals surface area (Å²) in [6.07, 6.45) is -1.76. The number of nitrogens with zero attached hydrogens (tertiary/aromatic N) is 3. The molecule has 0 saturated carbocycles. The summed E-state index contributed by atoms with van der Waals surface area (Å²) in [5, 5.41) is 30.3. The Labute approximate surface area is 324 Å². The molecule has 0 aliphatic carbocycles. The van der Waals surface area contributed by atoms with E-state index < -0.39 is 77.8 Å². The molecule has 0 radical (unpaired) electrons. The first-order valence-electron chi connectivity index (χ1n) is 18.1. The van der Waals surface area contributed by atoms with Crippen LogP contribution in [0.2, 0.25) is 0 Å². The number of aliphatic hydroxyl groups is 1. The van der Waals surface area contributed by atoms with Crippen LogP contribution in [0.4, 0.5) is 0 Å². The lowest BCUT2D eigenvalue weighted by Gasteiger charge is -2.38. The summed E-state index contributed by atoms with van der Waals surface area (Å²) in [5.41, 5.74) is 1.36. The molecular weight excluding hydrogens is 724 g/mol. The first kappa shape index (κ1) is 41.0. The summed E-state index contributed by atoms with van der Waals surface area (Å²) in [5.74, 6) is -3.58. The number of carbonyl (C=O) groups excluding carboxylic acids is 6. The Kier molecular flexibility index (Phi) is 12.5. The van der Waals surface area contributed by atoms with Crippen molar-refractivity contribution in [2.45, 2.75) is 76.0 Å². The normalized spacial score (nSPS) is 25.7. The fourth-order valence-electron chi connectivity index (χ4n) is 6.75. The van der Waals surface area contributed by atoms with E-state index in [1.54, 1.807) is 30.3 Å². The molecule has 298 valence electrons. The molecule has 3 aromatic rings. The average molecular weight is 773 g/mol. The van der Waals surface area contributed by atoms with E-state index in [2.05, 4.69) is 16.0 Å². The topological polar surface area (TPSA) is 207 Å². The number of carbonyl (C=O) groups is 6. The van der Waals surface area contributed by atoms with Crippen molar-refractivity contribution in [3.63, 3.8) is 0 Å². The predicted octanol–water partition coefficient (Wildman–Crippen LogP) is 1.03. The second-order valence-corrected chi connectivity index (χ2v) is 14.2. The smallest absolute Gasteiger partial charge is 0.248 e. The molecule has 0 unspecified atom stereocenters. The highest BCUT2D eigenvalue weighted by Crippen LogP contribution is 2.34. The van der Waals surface area contributed by atoms with E-state index in [1.165, 1.54) is 90.3 Å². The van der Waals surface area contributed by atoms with Gasteiger partial charge in [-0.3, -0.25) is 28.8 Å². The van der Waals surface area contributed by atoms with E-state index in [0.717, 1.165) is 9.80 Å². The van der Waals surface area contributed by atoms with Gasteiger partial charge in [0, 0.05) is 34.0 Å². The van der Waals surface area contributed by atoms with Crippen molar-refractivity contribution in [3.05, 3.63) is 83.4 Å². The minimum Gasteiger partial charge on any atom is -0.504 e. The van der Waals surface area contributed by atoms with Gasteiger partial charge in [-0.05, 0) is 73.9 Å². The van der Waals surface area contributed by atoms with Crippen LogP contribution in [0.5, 0.6) is 23.0 Å². The van der Waals surface area contributed by atoms with Gasteiger partial charge in [0.1, 0.15) is 53.9 Å². The van der Waals surface area contributed by atoms with Gasteiger partial charge in [0.25, 0.3) is 0 Å². The van der Waals surface area contributed by atoms with E-state index in [4.69, 9.17) is 9.47 Å². The maximum absolute atomic E-state index is 14.6. The summed E-state index contributed by atoms with van der Waals surface area (Å²) >= 11 is 0. The third-order valence-corrected chi connectivity index (χ3v) is 10.3. The fourth-order valence-corrected chi connectivity index (χ4v) is 6.75. The summed E-state index contributed by atoms with van der Waals surface area (Å²) in [7, 11) is 5.57. The van der Waals surface area contributed by atoms with Crippen molar-refractivity contribution in [2.24, 2.45) is 0 Å². The quantitative estimate of drug-likeness (QED) is 0.256. The molecule has 5 N–H and O–H groups in total. The molecule has 6 amide bonds. The maximum atomic E-state index is 14.6. The predicted molar refractivity (Wildman–Crippen MR) is 202 cm³/mol. The van der Waals surface area contributed by atoms with Gasteiger partial charge < -0.3 is 50.3 Å². The van der Waals surface area contributed by atoms with Gasteiger partial charge in [-0.1, -0.05) is 30.3 Å². The number of rotatable bonds is 3. The molecule has 0 aromatic heterocycles. The van der Waals surface area contributed by atoms with Crippen molar-refractivity contribution >= 4 is 35.4 Å². The van der Waals surface area contributed by atoms with Crippen molar-refractivity contribution in [1.82, 2.24) is 30.7 Å². The van der Waals surface area contributed by atoms with Gasteiger partial charge in [-0.25, -0.2) is 0 Å². The number of likely N-dealkylation sites (N-methyl/N-ethyl adjacent to an activating group) is 3. The highest BCUT2D eigenvalue weighted by atomic mass is 16.5. The van der Waals surface area contributed by atoms with Crippen LogP contribution >= 0.6 is 0 Å². The highest BCUT2D eigenvalue weighted by Gasteiger charge is 2.42. The van der Waals surface area contributed by atoms with Crippen molar-refractivity contribution < 1.29 is 48.5 Å². The first-order chi connectivity index (χ1) is 26.5. The number of hydrogen-bond acceptors (Lipinski definition) is 10. The molecule has 3 heterocycles. The lowest BCUT2D eigenvalue weighted by atomic mass is 9.96. The lowest BCUT2D eigenvalue weighted by molar-refractivity contribution is -0.153. The number of nitrogens with one attached hydrogen (secondary N) is 3. The third kappa shape index (κ3) is 8.86. The molecule has 7 atom stereocenters. The Balaban J connectivity index is 1.60. The van der Waals surface area contributed by atoms with Crippen molar-refractivity contribution in [3.8, 4) is 23.0 Å². The van der Waals surface area contributed by atoms with Crippen molar-refractivity contribution in [2.75, 3.05) is 28.3 Å². The third-order valence-electron chi connectivity index (χ3n) is 10.3. The Morgan fingerprint density at radius 1 is 0.714 bits per heavy atom. The Morgan fingerprint density at radius 2 is 1.30 bits per heavy atom. The number of fused-ring (bicyclic) bond motifs is 2. The first-order valence-corrected chi connectivity index (χ1v) is 18.1. The Bertz CT molecular complexity index is 1970. The fraction of sp³-hybridized carbons (Fsp3) is 0.400. The summed E-state index contributed by atoms with van der Waals surface area (Å²) in [6.45, 7) is 4.27. The molecule has 3 aliphatic rings. The van der Waals surface area contributed by atoms with Crippen LogP contribution in [0.3, 0.4) is 0 Å². The monoisotopic (exact) mass is 772 g/mol. The number of phenolic OH excluding ortho intramolecular Hbond substituents is 1. The van der Waals surface area contributed by atoms with E-state index in [-0.39, 0.29) is 29.9 Å². The number of aliphatic hydroxyl groups excluding tert-OH is 1. The van der Waals surface area contributed by atoms with Crippen LogP contribution in [0.25, 0.3) is 0 Å². The van der Waals surface area contributed by atoms with E-state index >= 15 is 0 Å². The maximum Gasteiger partial charge on any atom is 0.248 e. The van der Waals surface area contributed by atoms with E-state index in [9.17, 15) is 39.0 Å². The summed E-state index contributed by atoms with van der Waals surface area (Å²) in [6, 6.07) is 9.63. The number of benzene rings is 3. The zero-order valence-electron chi connectivity index (χ0n) is 32.3. The van der Waals surface area contributed by atoms with Gasteiger partial charge >= 0.3 is 0 Å². The summed E-state index contributed by atoms with van der Waals surface area (Å²) < 4.78 is 11.2. The zero-order valence-corrected chi connectivity index (χ0v) is 32.3. The van der Waals surface area contributed by atoms with Gasteiger partial charge in [-0.2, -0.15) is 0 Å². The second-order valence-electron chi connectivity index (χ2n) is 14.2. The van der Waals surface area contributed by atoms with E-state index in [1.807, 2.05) is 0 Å². The number of ether oxygens (including phenoxy) is 2. The van der Waals surface area contributed by atoms with Crippen LogP contribution in [-0.4, -0.2) is 125 Å². The van der Waals surface area contributed by atoms with Crippen LogP contribution in [0, 0.1) is 0 Å². The SMILES string of the molecule is COc1ccc(C[C@@H]2C(=O)N[C@H](C)C(=O)N(C)[C@H]3C(=O)N(C)[C@@H](Cc4ccc(O)c(c4)Oc4ccc(cc4)[C@H]3O)C(=O)N[C@H](C)C(=O)N[C@H](C)C(=O)N2C)cc1. The highest BCUT2D eigenvalue weighted by molar-refractivity contribution is 5.98. The minimum absolute atomic E-state index is 0.0240. The molecule has 1 saturated heterocycles. The Hall–Kier alpha value is -6.16. The van der Waals surface area contributed by atoms with E-state index in [0.29, 0.717) is 22.6 Å². The standard InChI is InChI=1S/C40H48N6O10/c1-21-35(49)42-22(2)38(52)44(4)29(18-24-8-13-27(55-7)14-9-24)37(51)43-23(3)39(53)46(6)33-34(48)26-11-15-28(16-12-26)56-32-20-25(10-17-31(32)47)19-30(36(50)41-21)45(5)40(33)54/h8-17,20-23,29-30,33-34,47-48H,18-19H2,1-7H3,(H,41,50)(H,42,49)(H,43,51)/t21-,22-,23-,29-,30+,33-,34-/m1/s1. The van der Waals surface area contributed by atoms with Crippen LogP contribution in [0.15, 0.2) is 66.7 Å².